The average Bonchev–Trinajstić information content (AvgIpc) is 2.15. The molecule has 80 valence electrons. The van der Waals surface area contributed by atoms with E-state index in [9.17, 15) is 5.11 Å². The topological polar surface area (TPSA) is 79.3 Å². The van der Waals surface area contributed by atoms with E-state index in [0.717, 1.165) is 0 Å². The molecule has 3 N–H and O–H groups in total. The van der Waals surface area contributed by atoms with Gasteiger partial charge in [-0.15, -0.1) is 0 Å². The Morgan fingerprint density at radius 3 is 2.47 bits per heavy atom. The number of phenolic OH excluding ortho intramolecular Hbond substituents is 1. The van der Waals surface area contributed by atoms with Gasteiger partial charge in [-0.2, -0.15) is 5.26 Å². The van der Waals surface area contributed by atoms with Crippen LogP contribution in [0.1, 0.15) is 25.0 Å². The second kappa shape index (κ2) is 3.79. The van der Waals surface area contributed by atoms with Gasteiger partial charge in [-0.1, -0.05) is 0 Å². The Hall–Kier alpha value is -1.73. The molecule has 0 heterocycles. The number of methoxy groups -OCH3 is 1. The maximum absolute atomic E-state index is 9.71. The van der Waals surface area contributed by atoms with Crippen LogP contribution in [0.25, 0.3) is 0 Å². The first kappa shape index (κ1) is 11.3. The Bertz CT molecular complexity index is 414. The molecule has 0 saturated carbocycles. The highest BCUT2D eigenvalue weighted by Gasteiger charge is 2.21. The van der Waals surface area contributed by atoms with Crippen molar-refractivity contribution in [2.75, 3.05) is 7.11 Å². The highest BCUT2D eigenvalue weighted by Crippen LogP contribution is 2.33. The van der Waals surface area contributed by atoms with Crippen LogP contribution in [-0.2, 0) is 5.54 Å². The molecule has 0 aliphatic rings. The van der Waals surface area contributed by atoms with Crippen molar-refractivity contribution < 1.29 is 9.84 Å². The summed E-state index contributed by atoms with van der Waals surface area (Å²) < 4.78 is 4.96. The summed E-state index contributed by atoms with van der Waals surface area (Å²) in [7, 11) is 1.45. The summed E-state index contributed by atoms with van der Waals surface area (Å²) in [6.07, 6.45) is 0. The molecule has 0 bridgehead atoms. The largest absolute Gasteiger partial charge is 0.507 e. The van der Waals surface area contributed by atoms with Gasteiger partial charge in [-0.05, 0) is 19.9 Å². The predicted molar refractivity (Wildman–Crippen MR) is 56.6 cm³/mol. The molecule has 0 amide bonds. The van der Waals surface area contributed by atoms with Crippen LogP contribution in [0.4, 0.5) is 0 Å². The summed E-state index contributed by atoms with van der Waals surface area (Å²) in [6, 6.07) is 4.95. The van der Waals surface area contributed by atoms with Crippen LogP contribution in [0.15, 0.2) is 12.1 Å². The van der Waals surface area contributed by atoms with Gasteiger partial charge >= 0.3 is 0 Å². The molecule has 0 fully saturated rings. The van der Waals surface area contributed by atoms with E-state index in [1.54, 1.807) is 19.9 Å². The standard InChI is InChI=1S/C11H14N2O2/c1-11(2,13)8-4-7(6-12)10(15-3)5-9(8)14/h4-5,14H,13H2,1-3H3. The van der Waals surface area contributed by atoms with Crippen molar-refractivity contribution in [1.29, 1.82) is 5.26 Å². The van der Waals surface area contributed by atoms with Gasteiger partial charge in [-0.25, -0.2) is 0 Å². The van der Waals surface area contributed by atoms with Crippen LogP contribution >= 0.6 is 0 Å². The van der Waals surface area contributed by atoms with Crippen LogP contribution in [0, 0.1) is 11.3 Å². The highest BCUT2D eigenvalue weighted by atomic mass is 16.5. The quantitative estimate of drug-likeness (QED) is 0.767. The van der Waals surface area contributed by atoms with Crippen molar-refractivity contribution in [3.8, 4) is 17.6 Å². The Kier molecular flexibility index (Phi) is 2.87. The summed E-state index contributed by atoms with van der Waals surface area (Å²) >= 11 is 0. The van der Waals surface area contributed by atoms with E-state index in [0.29, 0.717) is 16.9 Å². The molecule has 0 aliphatic carbocycles. The van der Waals surface area contributed by atoms with Gasteiger partial charge in [0.15, 0.2) is 0 Å². The fourth-order valence-electron chi connectivity index (χ4n) is 1.34. The average molecular weight is 206 g/mol. The summed E-state index contributed by atoms with van der Waals surface area (Å²) in [6.45, 7) is 3.52. The third kappa shape index (κ3) is 2.20. The minimum Gasteiger partial charge on any atom is -0.507 e. The summed E-state index contributed by atoms with van der Waals surface area (Å²) in [5.74, 6) is 0.390. The number of aromatic hydroxyl groups is 1. The van der Waals surface area contributed by atoms with Crippen molar-refractivity contribution in [1.82, 2.24) is 0 Å². The molecule has 0 spiro atoms. The van der Waals surface area contributed by atoms with Gasteiger partial charge in [0.25, 0.3) is 0 Å². The number of benzene rings is 1. The van der Waals surface area contributed by atoms with Crippen LogP contribution in [0.5, 0.6) is 11.5 Å². The fourth-order valence-corrected chi connectivity index (χ4v) is 1.34. The van der Waals surface area contributed by atoms with Crippen molar-refractivity contribution in [3.05, 3.63) is 23.3 Å². The van der Waals surface area contributed by atoms with Crippen LogP contribution < -0.4 is 10.5 Å². The van der Waals surface area contributed by atoms with Crippen molar-refractivity contribution in [2.45, 2.75) is 19.4 Å². The fraction of sp³-hybridized carbons (Fsp3) is 0.364. The molecule has 1 rings (SSSR count). The first-order valence-corrected chi connectivity index (χ1v) is 4.50. The zero-order valence-electron chi connectivity index (χ0n) is 9.03. The van der Waals surface area contributed by atoms with Crippen LogP contribution in [-0.4, -0.2) is 12.2 Å². The van der Waals surface area contributed by atoms with Crippen molar-refractivity contribution in [3.63, 3.8) is 0 Å². The third-order valence-electron chi connectivity index (χ3n) is 2.13. The Balaban J connectivity index is 3.41. The number of nitrogens with zero attached hydrogens (tertiary/aromatic N) is 1. The maximum Gasteiger partial charge on any atom is 0.140 e. The number of phenols is 1. The summed E-state index contributed by atoms with van der Waals surface area (Å²) in [5, 5.41) is 18.6. The second-order valence-corrected chi connectivity index (χ2v) is 3.90. The molecule has 0 aromatic heterocycles. The van der Waals surface area contributed by atoms with E-state index in [2.05, 4.69) is 0 Å². The number of rotatable bonds is 2. The second-order valence-electron chi connectivity index (χ2n) is 3.90. The highest BCUT2D eigenvalue weighted by molar-refractivity contribution is 5.53. The minimum absolute atomic E-state index is 0.0401. The number of nitriles is 1. The summed E-state index contributed by atoms with van der Waals surface area (Å²) in [4.78, 5) is 0. The maximum atomic E-state index is 9.71. The van der Waals surface area contributed by atoms with E-state index >= 15 is 0 Å². The molecule has 0 atom stereocenters. The summed E-state index contributed by atoms with van der Waals surface area (Å²) in [5.41, 5.74) is 6.06. The van der Waals surface area contributed by atoms with Crippen LogP contribution in [0.2, 0.25) is 0 Å². The van der Waals surface area contributed by atoms with Crippen molar-refractivity contribution in [2.24, 2.45) is 5.73 Å². The Labute approximate surface area is 88.9 Å². The molecule has 1 aromatic rings. The van der Waals surface area contributed by atoms with Gasteiger partial charge in [0.1, 0.15) is 17.6 Å². The van der Waals surface area contributed by atoms with Crippen LogP contribution in [0.3, 0.4) is 0 Å². The number of hydrogen-bond donors (Lipinski definition) is 2. The first-order valence-electron chi connectivity index (χ1n) is 4.50. The zero-order valence-corrected chi connectivity index (χ0v) is 9.03. The van der Waals surface area contributed by atoms with E-state index in [1.807, 2.05) is 6.07 Å². The van der Waals surface area contributed by atoms with Crippen molar-refractivity contribution >= 4 is 0 Å². The molecule has 4 heteroatoms. The smallest absolute Gasteiger partial charge is 0.140 e. The molecule has 4 nitrogen and oxygen atoms in total. The molecule has 0 radical (unpaired) electrons. The van der Waals surface area contributed by atoms with Gasteiger partial charge in [-0.3, -0.25) is 0 Å². The molecule has 0 saturated heterocycles. The molecule has 0 aliphatic heterocycles. The van der Waals surface area contributed by atoms with Gasteiger partial charge in [0.05, 0.1) is 12.7 Å². The van der Waals surface area contributed by atoms with E-state index in [4.69, 9.17) is 15.7 Å². The molecular formula is C11H14N2O2. The van der Waals surface area contributed by atoms with Gasteiger partial charge in [0.2, 0.25) is 0 Å². The molecular weight excluding hydrogens is 192 g/mol. The zero-order chi connectivity index (χ0) is 11.6. The minimum atomic E-state index is -0.693. The number of ether oxygens (including phenoxy) is 1. The Morgan fingerprint density at radius 2 is 2.07 bits per heavy atom. The van der Waals surface area contributed by atoms with E-state index in [1.165, 1.54) is 13.2 Å². The van der Waals surface area contributed by atoms with Gasteiger partial charge < -0.3 is 15.6 Å². The lowest BCUT2D eigenvalue weighted by Gasteiger charge is -2.21. The predicted octanol–water partition coefficient (Wildman–Crippen LogP) is 1.47. The lowest BCUT2D eigenvalue weighted by molar-refractivity contribution is 0.400. The Morgan fingerprint density at radius 1 is 1.47 bits per heavy atom. The third-order valence-corrected chi connectivity index (χ3v) is 2.13. The molecule has 0 unspecified atom stereocenters. The first-order chi connectivity index (χ1) is 6.90. The van der Waals surface area contributed by atoms with E-state index < -0.39 is 5.54 Å². The number of hydrogen-bond acceptors (Lipinski definition) is 4. The lowest BCUT2D eigenvalue weighted by Crippen LogP contribution is -2.28. The van der Waals surface area contributed by atoms with E-state index in [-0.39, 0.29) is 5.75 Å². The van der Waals surface area contributed by atoms with Gasteiger partial charge in [0, 0.05) is 17.2 Å². The SMILES string of the molecule is COc1cc(O)c(C(C)(C)N)cc1C#N. The number of nitrogens with two attached hydrogens (primary N) is 1. The normalized spacial score (nSPS) is 10.9. The monoisotopic (exact) mass is 206 g/mol. The molecule has 15 heavy (non-hydrogen) atoms. The lowest BCUT2D eigenvalue weighted by atomic mass is 9.93. The molecule has 1 aromatic carbocycles.